The van der Waals surface area contributed by atoms with E-state index in [2.05, 4.69) is 42.3 Å². The highest BCUT2D eigenvalue weighted by Gasteiger charge is 2.18. The van der Waals surface area contributed by atoms with Crippen LogP contribution >= 0.6 is 0 Å². The summed E-state index contributed by atoms with van der Waals surface area (Å²) < 4.78 is 12.8. The Labute approximate surface area is 178 Å². The van der Waals surface area contributed by atoms with Gasteiger partial charge in [0.25, 0.3) is 5.91 Å². The number of carbonyl (C=O) groups is 1. The molecule has 0 atom stereocenters. The summed E-state index contributed by atoms with van der Waals surface area (Å²) in [6, 6.07) is 17.7. The van der Waals surface area contributed by atoms with E-state index in [1.165, 1.54) is 11.1 Å². The molecule has 0 N–H and O–H groups in total. The molecule has 5 heteroatoms. The topological polar surface area (TPSA) is 43.7 Å². The minimum Gasteiger partial charge on any atom is -0.497 e. The largest absolute Gasteiger partial charge is 0.497 e. The van der Waals surface area contributed by atoms with Crippen LogP contribution in [0.3, 0.4) is 0 Å². The second-order valence-electron chi connectivity index (χ2n) is 7.19. The van der Waals surface area contributed by atoms with Crippen LogP contribution in [0.1, 0.15) is 27.2 Å². The number of rotatable bonds is 9. The number of methoxy groups -OCH3 is 2. The fraction of sp³-hybridized carbons (Fsp3) is 0.240. The van der Waals surface area contributed by atoms with Crippen molar-refractivity contribution in [1.29, 1.82) is 0 Å². The highest BCUT2D eigenvalue weighted by molar-refractivity contribution is 5.95. The molecule has 0 spiro atoms. The molecule has 0 radical (unpaired) electrons. The highest BCUT2D eigenvalue weighted by atomic mass is 16.5. The van der Waals surface area contributed by atoms with Crippen LogP contribution in [-0.2, 0) is 13.1 Å². The molecular weight excluding hydrogens is 376 g/mol. The van der Waals surface area contributed by atoms with Crippen LogP contribution in [0, 0.1) is 6.92 Å². The quantitative estimate of drug-likeness (QED) is 0.486. The molecule has 30 heavy (non-hydrogen) atoms. The molecule has 1 aromatic heterocycles. The van der Waals surface area contributed by atoms with Gasteiger partial charge in [-0.3, -0.25) is 4.79 Å². The first-order valence-electron chi connectivity index (χ1n) is 9.87. The molecule has 5 nitrogen and oxygen atoms in total. The van der Waals surface area contributed by atoms with E-state index in [0.29, 0.717) is 30.2 Å². The molecular formula is C25H28N2O3. The summed E-state index contributed by atoms with van der Waals surface area (Å²) in [7, 11) is 3.14. The lowest BCUT2D eigenvalue weighted by Gasteiger charge is -2.23. The van der Waals surface area contributed by atoms with Crippen molar-refractivity contribution in [3.63, 3.8) is 0 Å². The third-order valence-electron chi connectivity index (χ3n) is 4.95. The second kappa shape index (κ2) is 9.83. The van der Waals surface area contributed by atoms with E-state index in [9.17, 15) is 4.79 Å². The summed E-state index contributed by atoms with van der Waals surface area (Å²) >= 11 is 0. The first-order valence-corrected chi connectivity index (χ1v) is 9.87. The van der Waals surface area contributed by atoms with Crippen LogP contribution in [0.25, 0.3) is 0 Å². The van der Waals surface area contributed by atoms with Gasteiger partial charge in [-0.25, -0.2) is 0 Å². The smallest absolute Gasteiger partial charge is 0.254 e. The number of hydrogen-bond donors (Lipinski definition) is 0. The maximum atomic E-state index is 13.3. The van der Waals surface area contributed by atoms with Crippen LogP contribution < -0.4 is 9.47 Å². The van der Waals surface area contributed by atoms with E-state index in [1.807, 2.05) is 18.3 Å². The monoisotopic (exact) mass is 404 g/mol. The molecule has 2 aromatic carbocycles. The Morgan fingerprint density at radius 3 is 2.43 bits per heavy atom. The van der Waals surface area contributed by atoms with Gasteiger partial charge in [-0.15, -0.1) is 6.58 Å². The summed E-state index contributed by atoms with van der Waals surface area (Å²) in [6.07, 6.45) is 3.78. The predicted octanol–water partition coefficient (Wildman–Crippen LogP) is 4.69. The Bertz CT molecular complexity index is 1000. The van der Waals surface area contributed by atoms with Crippen molar-refractivity contribution < 1.29 is 14.3 Å². The van der Waals surface area contributed by atoms with Crippen molar-refractivity contribution in [3.8, 4) is 11.5 Å². The first kappa shape index (κ1) is 21.2. The number of aromatic nitrogens is 1. The van der Waals surface area contributed by atoms with Crippen molar-refractivity contribution in [3.05, 3.63) is 95.8 Å². The van der Waals surface area contributed by atoms with Gasteiger partial charge >= 0.3 is 0 Å². The van der Waals surface area contributed by atoms with Gasteiger partial charge in [0.05, 0.1) is 20.8 Å². The molecule has 0 saturated heterocycles. The normalized spacial score (nSPS) is 10.5. The minimum atomic E-state index is -0.101. The Kier molecular flexibility index (Phi) is 6.96. The summed E-state index contributed by atoms with van der Waals surface area (Å²) in [5, 5.41) is 0. The van der Waals surface area contributed by atoms with Crippen molar-refractivity contribution in [2.45, 2.75) is 20.0 Å². The summed E-state index contributed by atoms with van der Waals surface area (Å²) in [5.74, 6) is 1.06. The number of ether oxygens (including phenoxy) is 2. The molecule has 0 unspecified atom stereocenters. The average Bonchev–Trinajstić information content (AvgIpc) is 3.19. The molecule has 3 rings (SSSR count). The van der Waals surface area contributed by atoms with Crippen molar-refractivity contribution in [2.75, 3.05) is 20.8 Å². The van der Waals surface area contributed by atoms with Crippen LogP contribution in [-0.4, -0.2) is 36.1 Å². The predicted molar refractivity (Wildman–Crippen MR) is 119 cm³/mol. The summed E-state index contributed by atoms with van der Waals surface area (Å²) in [5.41, 5.74) is 4.04. The van der Waals surface area contributed by atoms with Crippen molar-refractivity contribution >= 4 is 5.91 Å². The third kappa shape index (κ3) is 5.11. The molecule has 0 aliphatic carbocycles. The SMILES string of the molecule is C=CCN(Cc1cccn1Cc1cccc(C)c1)C(=O)c1cc(OC)cc(OC)c1. The van der Waals surface area contributed by atoms with Crippen LogP contribution in [0.15, 0.2) is 73.4 Å². The van der Waals surface area contributed by atoms with Gasteiger partial charge in [0.2, 0.25) is 0 Å². The molecule has 1 heterocycles. The molecule has 1 amide bonds. The first-order chi connectivity index (χ1) is 14.5. The fourth-order valence-corrected chi connectivity index (χ4v) is 3.44. The Balaban J connectivity index is 1.84. The van der Waals surface area contributed by atoms with E-state index in [4.69, 9.17) is 9.47 Å². The second-order valence-corrected chi connectivity index (χ2v) is 7.19. The van der Waals surface area contributed by atoms with E-state index < -0.39 is 0 Å². The molecule has 0 aliphatic rings. The Morgan fingerprint density at radius 2 is 1.80 bits per heavy atom. The van der Waals surface area contributed by atoms with Crippen LogP contribution in [0.4, 0.5) is 0 Å². The van der Waals surface area contributed by atoms with Crippen molar-refractivity contribution in [1.82, 2.24) is 9.47 Å². The average molecular weight is 405 g/mol. The number of carbonyl (C=O) groups excluding carboxylic acids is 1. The van der Waals surface area contributed by atoms with Gasteiger partial charge in [-0.2, -0.15) is 0 Å². The van der Waals surface area contributed by atoms with Gasteiger partial charge in [-0.05, 0) is 36.8 Å². The Morgan fingerprint density at radius 1 is 1.07 bits per heavy atom. The summed E-state index contributed by atoms with van der Waals surface area (Å²) in [6.45, 7) is 7.58. The molecule has 0 saturated carbocycles. The van der Waals surface area contributed by atoms with Crippen LogP contribution in [0.5, 0.6) is 11.5 Å². The molecule has 0 aliphatic heterocycles. The standard InChI is InChI=1S/C25H28N2O3/c1-5-11-27(25(28)21-14-23(29-3)16-24(15-21)30-4)18-22-10-7-12-26(22)17-20-9-6-8-19(2)13-20/h5-10,12-16H,1,11,17-18H2,2-4H3. The zero-order valence-electron chi connectivity index (χ0n) is 17.8. The van der Waals surface area contributed by atoms with Gasteiger partial charge in [-0.1, -0.05) is 35.9 Å². The lowest BCUT2D eigenvalue weighted by molar-refractivity contribution is 0.0758. The maximum absolute atomic E-state index is 13.3. The lowest BCUT2D eigenvalue weighted by atomic mass is 10.1. The van der Waals surface area contributed by atoms with Gasteiger partial charge < -0.3 is 18.9 Å². The van der Waals surface area contributed by atoms with Gasteiger partial charge in [0.1, 0.15) is 11.5 Å². The zero-order valence-corrected chi connectivity index (χ0v) is 17.8. The molecule has 0 fully saturated rings. The maximum Gasteiger partial charge on any atom is 0.254 e. The fourth-order valence-electron chi connectivity index (χ4n) is 3.44. The minimum absolute atomic E-state index is 0.101. The van der Waals surface area contributed by atoms with E-state index >= 15 is 0 Å². The molecule has 156 valence electrons. The number of amides is 1. The number of hydrogen-bond acceptors (Lipinski definition) is 3. The Hall–Kier alpha value is -3.47. The third-order valence-corrected chi connectivity index (χ3v) is 4.95. The van der Waals surface area contributed by atoms with E-state index in [1.54, 1.807) is 43.4 Å². The zero-order chi connectivity index (χ0) is 21.5. The van der Waals surface area contributed by atoms with Gasteiger partial charge in [0.15, 0.2) is 0 Å². The summed E-state index contributed by atoms with van der Waals surface area (Å²) in [4.78, 5) is 15.0. The van der Waals surface area contributed by atoms with E-state index in [0.717, 1.165) is 12.2 Å². The highest BCUT2D eigenvalue weighted by Crippen LogP contribution is 2.24. The van der Waals surface area contributed by atoms with Crippen molar-refractivity contribution in [2.24, 2.45) is 0 Å². The van der Waals surface area contributed by atoms with E-state index in [-0.39, 0.29) is 5.91 Å². The molecule has 0 bridgehead atoms. The van der Waals surface area contributed by atoms with Gasteiger partial charge in [0, 0.05) is 36.6 Å². The lowest BCUT2D eigenvalue weighted by Crippen LogP contribution is -2.31. The number of aryl methyl sites for hydroxylation is 1. The number of benzene rings is 2. The molecule has 3 aromatic rings. The van der Waals surface area contributed by atoms with Crippen LogP contribution in [0.2, 0.25) is 0 Å². The number of nitrogens with zero attached hydrogens (tertiary/aromatic N) is 2.